The number of imide groups is 1. The van der Waals surface area contributed by atoms with Crippen molar-refractivity contribution >= 4 is 56.6 Å². The number of rotatable bonds is 13. The first-order chi connectivity index (χ1) is 28.9. The number of carbonyl (C=O) groups excluding carboxylic acids is 2. The molecule has 19 heteroatoms. The van der Waals surface area contributed by atoms with Gasteiger partial charge in [-0.15, -0.1) is 0 Å². The van der Waals surface area contributed by atoms with Gasteiger partial charge in [-0.05, 0) is 107 Å². The maximum absolute atomic E-state index is 14.0. The van der Waals surface area contributed by atoms with E-state index < -0.39 is 38.8 Å². The molecule has 3 aromatic rings. The molecular weight excluding hydrogens is 837 g/mol. The zero-order valence-corrected chi connectivity index (χ0v) is 36.1. The number of halogens is 4. The molecular formula is C42H54ClF3N8O6S. The number of piperidine rings is 2. The largest absolute Gasteiger partial charge is 0.421 e. The Balaban J connectivity index is 0.930. The van der Waals surface area contributed by atoms with Crippen LogP contribution in [0.3, 0.4) is 0 Å². The standard InChI is InChI=1S/C42H54ClF3N8O6S/c1-28-23-30(8-11-35(28)48-39-47-25-33(42(44,45)46)37(50-39)54-17-5-13-40(2,57)26-54)61(58,59)51-41(15-6-22-60-27-41)14-3-4-16-52-18-20-53(21-19-52)29-7-9-31(34(43)24-29)32-10-12-36(55)49-38(32)56/h7-9,11,23-25,32,51,57H,3-6,10,12-22,26-27H2,1-2H3,(H,47,48,50)(H,49,55,56)/t32?,40-,41?/m0/s1. The van der Waals surface area contributed by atoms with Crippen molar-refractivity contribution in [2.75, 3.05) is 74.1 Å². The number of alkyl halides is 3. The molecule has 3 atom stereocenters. The summed E-state index contributed by atoms with van der Waals surface area (Å²) in [6.45, 7) is 8.56. The molecule has 61 heavy (non-hydrogen) atoms. The number of hydrogen-bond acceptors (Lipinski definition) is 12. The maximum atomic E-state index is 14.0. The number of amides is 2. The van der Waals surface area contributed by atoms with E-state index >= 15 is 0 Å². The predicted molar refractivity (Wildman–Crippen MR) is 226 cm³/mol. The summed E-state index contributed by atoms with van der Waals surface area (Å²) in [4.78, 5) is 38.3. The van der Waals surface area contributed by atoms with Gasteiger partial charge in [0.05, 0.1) is 28.6 Å². The summed E-state index contributed by atoms with van der Waals surface area (Å²) in [5.41, 5.74) is -0.272. The molecule has 4 saturated heterocycles. The SMILES string of the molecule is Cc1cc(S(=O)(=O)NC2(CCCCN3CCN(c4ccc(C5CCC(=O)NC5=O)c(Cl)c4)CC3)CCCOC2)ccc1Nc1ncc(C(F)(F)F)c(N2CCC[C@](C)(O)C2)n1. The Bertz CT molecular complexity index is 2200. The Morgan fingerprint density at radius 1 is 1.03 bits per heavy atom. The van der Waals surface area contributed by atoms with Gasteiger partial charge in [0.2, 0.25) is 27.8 Å². The van der Waals surface area contributed by atoms with Crippen molar-refractivity contribution in [3.8, 4) is 0 Å². The second-order valence-electron chi connectivity index (χ2n) is 17.1. The first kappa shape index (κ1) is 45.0. The lowest BCUT2D eigenvalue weighted by Crippen LogP contribution is -2.53. The van der Waals surface area contributed by atoms with Gasteiger partial charge < -0.3 is 25.0 Å². The van der Waals surface area contributed by atoms with Gasteiger partial charge in [0, 0.05) is 74.9 Å². The van der Waals surface area contributed by atoms with Crippen LogP contribution in [0.4, 0.5) is 36.3 Å². The first-order valence-electron chi connectivity index (χ1n) is 20.9. The number of hydrogen-bond donors (Lipinski definition) is 4. The second-order valence-corrected chi connectivity index (χ2v) is 19.2. The highest BCUT2D eigenvalue weighted by Crippen LogP contribution is 2.39. The van der Waals surface area contributed by atoms with Gasteiger partial charge in [-0.3, -0.25) is 19.8 Å². The minimum atomic E-state index is -4.71. The van der Waals surface area contributed by atoms with Gasteiger partial charge in [-0.1, -0.05) is 24.1 Å². The van der Waals surface area contributed by atoms with Crippen molar-refractivity contribution in [3.05, 3.63) is 64.3 Å². The van der Waals surface area contributed by atoms with Crippen LogP contribution in [-0.4, -0.2) is 110 Å². The molecule has 4 aliphatic rings. The number of aromatic nitrogens is 2. The van der Waals surface area contributed by atoms with Crippen LogP contribution in [0.1, 0.15) is 87.3 Å². The molecule has 332 valence electrons. The van der Waals surface area contributed by atoms with Crippen LogP contribution >= 0.6 is 11.6 Å². The Kier molecular flexibility index (Phi) is 13.5. The molecule has 0 saturated carbocycles. The summed E-state index contributed by atoms with van der Waals surface area (Å²) in [7, 11) is -4.00. The molecule has 4 fully saturated rings. The topological polar surface area (TPSA) is 169 Å². The number of aryl methyl sites for hydroxylation is 1. The molecule has 2 unspecified atom stereocenters. The lowest BCUT2D eigenvalue weighted by atomic mass is 9.88. The summed E-state index contributed by atoms with van der Waals surface area (Å²) in [5.74, 6) is -1.43. The molecule has 14 nitrogen and oxygen atoms in total. The number of nitrogens with zero attached hydrogens (tertiary/aromatic N) is 5. The number of piperazine rings is 1. The van der Waals surface area contributed by atoms with Crippen molar-refractivity contribution < 1.29 is 41.0 Å². The Morgan fingerprint density at radius 3 is 2.49 bits per heavy atom. The molecule has 2 aromatic carbocycles. The molecule has 0 radical (unpaired) electrons. The summed E-state index contributed by atoms with van der Waals surface area (Å²) >= 11 is 6.64. The average molecular weight is 891 g/mol. The van der Waals surface area contributed by atoms with Crippen LogP contribution < -0.4 is 25.2 Å². The highest BCUT2D eigenvalue weighted by molar-refractivity contribution is 7.89. The van der Waals surface area contributed by atoms with E-state index in [4.69, 9.17) is 16.3 Å². The highest BCUT2D eigenvalue weighted by atomic mass is 35.5. The lowest BCUT2D eigenvalue weighted by Gasteiger charge is -2.38. The van der Waals surface area contributed by atoms with E-state index in [0.717, 1.165) is 69.4 Å². The van der Waals surface area contributed by atoms with Gasteiger partial charge in [0.25, 0.3) is 0 Å². The number of sulfonamides is 1. The van der Waals surface area contributed by atoms with Crippen LogP contribution in [0, 0.1) is 6.92 Å². The van der Waals surface area contributed by atoms with E-state index in [1.54, 1.807) is 19.9 Å². The van der Waals surface area contributed by atoms with E-state index in [2.05, 4.69) is 35.1 Å². The van der Waals surface area contributed by atoms with Gasteiger partial charge in [-0.25, -0.2) is 18.1 Å². The van der Waals surface area contributed by atoms with Gasteiger partial charge in [-0.2, -0.15) is 18.2 Å². The van der Waals surface area contributed by atoms with Gasteiger partial charge in [0.1, 0.15) is 11.4 Å². The van der Waals surface area contributed by atoms with Gasteiger partial charge in [0.15, 0.2) is 0 Å². The maximum Gasteiger partial charge on any atom is 0.421 e. The van der Waals surface area contributed by atoms with E-state index in [-0.39, 0.29) is 41.6 Å². The quantitative estimate of drug-likeness (QED) is 0.119. The van der Waals surface area contributed by atoms with Crippen molar-refractivity contribution in [2.45, 2.75) is 99.8 Å². The number of ether oxygens (including phenoxy) is 1. The molecule has 1 aromatic heterocycles. The zero-order valence-electron chi connectivity index (χ0n) is 34.5. The monoisotopic (exact) mass is 890 g/mol. The third-order valence-electron chi connectivity index (χ3n) is 12.2. The van der Waals surface area contributed by atoms with Crippen molar-refractivity contribution in [2.24, 2.45) is 0 Å². The fourth-order valence-corrected chi connectivity index (χ4v) is 10.7. The first-order valence-corrected chi connectivity index (χ1v) is 22.8. The van der Waals surface area contributed by atoms with E-state index in [0.29, 0.717) is 68.0 Å². The second kappa shape index (κ2) is 18.3. The summed E-state index contributed by atoms with van der Waals surface area (Å²) in [6.07, 6.45) is 1.33. The Labute approximate surface area is 359 Å². The number of aliphatic hydroxyl groups is 1. The summed E-state index contributed by atoms with van der Waals surface area (Å²) in [5, 5.41) is 16.5. The molecule has 0 spiro atoms. The van der Waals surface area contributed by atoms with Gasteiger partial charge >= 0.3 is 6.18 Å². The highest BCUT2D eigenvalue weighted by Gasteiger charge is 2.40. The summed E-state index contributed by atoms with van der Waals surface area (Å²) in [6, 6.07) is 10.3. The number of anilines is 4. The van der Waals surface area contributed by atoms with Crippen LogP contribution in [-0.2, 0) is 30.5 Å². The van der Waals surface area contributed by atoms with Crippen molar-refractivity contribution in [1.29, 1.82) is 0 Å². The van der Waals surface area contributed by atoms with Crippen LogP contribution in [0.5, 0.6) is 0 Å². The van der Waals surface area contributed by atoms with E-state index in [1.807, 2.05) is 18.2 Å². The van der Waals surface area contributed by atoms with E-state index in [1.165, 1.54) is 17.0 Å². The third kappa shape index (κ3) is 10.9. The van der Waals surface area contributed by atoms with E-state index in [9.17, 15) is 36.3 Å². The zero-order chi connectivity index (χ0) is 43.6. The fourth-order valence-electron chi connectivity index (χ4n) is 8.88. The van der Waals surface area contributed by atoms with Crippen molar-refractivity contribution in [3.63, 3.8) is 0 Å². The number of β-amino-alcohol motifs (C(OH)–C–C–N with tert-alkyl or cyclic N) is 1. The number of nitrogens with one attached hydrogen (secondary N) is 3. The van der Waals surface area contributed by atoms with Crippen LogP contribution in [0.2, 0.25) is 5.02 Å². The molecule has 4 aliphatic heterocycles. The fraction of sp³-hybridized carbons (Fsp3) is 0.571. The molecule has 0 aliphatic carbocycles. The summed E-state index contributed by atoms with van der Waals surface area (Å²) < 4.78 is 78.6. The van der Waals surface area contributed by atoms with Crippen LogP contribution in [0.15, 0.2) is 47.5 Å². The number of benzene rings is 2. The normalized spacial score (nSPS) is 24.5. The van der Waals surface area contributed by atoms with Crippen LogP contribution in [0.25, 0.3) is 0 Å². The predicted octanol–water partition coefficient (Wildman–Crippen LogP) is 5.89. The molecule has 4 N–H and O–H groups in total. The third-order valence-corrected chi connectivity index (χ3v) is 14.1. The Hall–Kier alpha value is -4.07. The molecule has 7 rings (SSSR count). The molecule has 2 amide bonds. The molecule has 5 heterocycles. The minimum Gasteiger partial charge on any atom is -0.388 e. The number of unbranched alkanes of at least 4 members (excludes halogenated alkanes) is 1. The Morgan fingerprint density at radius 2 is 1.82 bits per heavy atom. The number of carbonyl (C=O) groups is 2. The molecule has 0 bridgehead atoms. The van der Waals surface area contributed by atoms with Crippen molar-refractivity contribution in [1.82, 2.24) is 24.9 Å². The average Bonchev–Trinajstić information content (AvgIpc) is 3.20. The smallest absolute Gasteiger partial charge is 0.388 e. The minimum absolute atomic E-state index is 0.0135. The lowest BCUT2D eigenvalue weighted by molar-refractivity contribution is -0.138.